The first-order chi connectivity index (χ1) is 8.06. The van der Waals surface area contributed by atoms with E-state index >= 15 is 0 Å². The molecule has 2 aromatic rings. The Morgan fingerprint density at radius 2 is 2.18 bits per heavy atom. The number of halogens is 2. The van der Waals surface area contributed by atoms with Crippen LogP contribution in [-0.4, -0.2) is 21.0 Å². The van der Waals surface area contributed by atoms with Crippen LogP contribution >= 0.6 is 0 Å². The Kier molecular flexibility index (Phi) is 3.03. The number of aromatic nitrogens is 2. The number of carboxylic acids is 1. The Morgan fingerprint density at radius 1 is 1.41 bits per heavy atom. The van der Waals surface area contributed by atoms with Crippen molar-refractivity contribution in [2.75, 3.05) is 0 Å². The second kappa shape index (κ2) is 4.48. The van der Waals surface area contributed by atoms with Gasteiger partial charge in [0.1, 0.15) is 17.2 Å². The molecule has 0 spiro atoms. The number of fused-ring (bicyclic) bond motifs is 1. The molecule has 0 aliphatic rings. The molecule has 90 valence electrons. The van der Waals surface area contributed by atoms with Gasteiger partial charge in [-0.25, -0.2) is 13.8 Å². The van der Waals surface area contributed by atoms with E-state index in [4.69, 9.17) is 5.11 Å². The highest BCUT2D eigenvalue weighted by Crippen LogP contribution is 2.18. The highest BCUT2D eigenvalue weighted by molar-refractivity contribution is 5.75. The summed E-state index contributed by atoms with van der Waals surface area (Å²) in [5.74, 6) is -1.82. The molecule has 17 heavy (non-hydrogen) atoms. The fourth-order valence-electron chi connectivity index (χ4n) is 1.62. The molecule has 2 rings (SSSR count). The molecule has 0 fully saturated rings. The van der Waals surface area contributed by atoms with Crippen LogP contribution in [-0.2, 0) is 11.2 Å². The maximum Gasteiger partial charge on any atom is 0.303 e. The summed E-state index contributed by atoms with van der Waals surface area (Å²) in [4.78, 5) is 17.0. The normalized spacial score (nSPS) is 10.9. The lowest BCUT2D eigenvalue weighted by molar-refractivity contribution is -0.137. The second-order valence-corrected chi connectivity index (χ2v) is 3.71. The number of carbonyl (C=O) groups is 1. The smallest absolute Gasteiger partial charge is 0.303 e. The second-order valence-electron chi connectivity index (χ2n) is 3.71. The van der Waals surface area contributed by atoms with Gasteiger partial charge in [-0.1, -0.05) is 0 Å². The van der Waals surface area contributed by atoms with Gasteiger partial charge in [-0.15, -0.1) is 0 Å². The molecule has 1 aromatic carbocycles. The van der Waals surface area contributed by atoms with Crippen LogP contribution in [0.5, 0.6) is 0 Å². The summed E-state index contributed by atoms with van der Waals surface area (Å²) in [6, 6.07) is 1.93. The standard InChI is InChI=1S/C11H10F2N2O2/c12-6-4-7(13)11-8(5-6)14-9(15-11)2-1-3-10(16)17/h4-5H,1-3H2,(H,14,15)(H,16,17). The van der Waals surface area contributed by atoms with Crippen molar-refractivity contribution in [3.8, 4) is 0 Å². The molecule has 0 atom stereocenters. The van der Waals surface area contributed by atoms with Crippen molar-refractivity contribution in [3.63, 3.8) is 0 Å². The quantitative estimate of drug-likeness (QED) is 0.861. The molecule has 0 saturated carbocycles. The SMILES string of the molecule is O=C(O)CCCc1nc2c(F)cc(F)cc2[nH]1. The summed E-state index contributed by atoms with van der Waals surface area (Å²) in [6.07, 6.45) is 0.815. The van der Waals surface area contributed by atoms with Crippen molar-refractivity contribution < 1.29 is 18.7 Å². The van der Waals surface area contributed by atoms with Crippen molar-refractivity contribution in [3.05, 3.63) is 29.6 Å². The van der Waals surface area contributed by atoms with Gasteiger partial charge >= 0.3 is 5.97 Å². The number of nitrogens with one attached hydrogen (secondary N) is 1. The summed E-state index contributed by atoms with van der Waals surface area (Å²) in [5.41, 5.74) is 0.365. The van der Waals surface area contributed by atoms with Gasteiger partial charge in [-0.3, -0.25) is 4.79 Å². The monoisotopic (exact) mass is 240 g/mol. The maximum atomic E-state index is 13.3. The van der Waals surface area contributed by atoms with Crippen molar-refractivity contribution in [1.82, 2.24) is 9.97 Å². The van der Waals surface area contributed by atoms with E-state index in [0.29, 0.717) is 18.7 Å². The molecule has 1 heterocycles. The lowest BCUT2D eigenvalue weighted by Gasteiger charge is -1.92. The van der Waals surface area contributed by atoms with E-state index in [-0.39, 0.29) is 17.5 Å². The topological polar surface area (TPSA) is 66.0 Å². The Balaban J connectivity index is 2.20. The first-order valence-electron chi connectivity index (χ1n) is 5.11. The van der Waals surface area contributed by atoms with Gasteiger partial charge in [-0.05, 0) is 12.5 Å². The van der Waals surface area contributed by atoms with E-state index in [9.17, 15) is 13.6 Å². The van der Waals surface area contributed by atoms with Crippen LogP contribution in [0.1, 0.15) is 18.7 Å². The maximum absolute atomic E-state index is 13.3. The van der Waals surface area contributed by atoms with Gasteiger partial charge < -0.3 is 10.1 Å². The predicted molar refractivity (Wildman–Crippen MR) is 56.6 cm³/mol. The van der Waals surface area contributed by atoms with Crippen molar-refractivity contribution in [2.45, 2.75) is 19.3 Å². The van der Waals surface area contributed by atoms with Gasteiger partial charge in [0, 0.05) is 18.9 Å². The lowest BCUT2D eigenvalue weighted by Crippen LogP contribution is -1.96. The van der Waals surface area contributed by atoms with Crippen LogP contribution in [0, 0.1) is 11.6 Å². The number of aryl methyl sites for hydroxylation is 1. The third-order valence-electron chi connectivity index (χ3n) is 2.36. The molecule has 0 unspecified atom stereocenters. The molecule has 0 saturated heterocycles. The highest BCUT2D eigenvalue weighted by atomic mass is 19.1. The van der Waals surface area contributed by atoms with E-state index in [1.807, 2.05) is 0 Å². The number of nitrogens with zero attached hydrogens (tertiary/aromatic N) is 1. The minimum Gasteiger partial charge on any atom is -0.481 e. The summed E-state index contributed by atoms with van der Waals surface area (Å²) >= 11 is 0. The van der Waals surface area contributed by atoms with Crippen LogP contribution < -0.4 is 0 Å². The zero-order valence-electron chi connectivity index (χ0n) is 8.83. The predicted octanol–water partition coefficient (Wildman–Crippen LogP) is 2.25. The van der Waals surface area contributed by atoms with Crippen molar-refractivity contribution in [2.24, 2.45) is 0 Å². The average molecular weight is 240 g/mol. The number of benzene rings is 1. The molecule has 0 aliphatic heterocycles. The number of hydrogen-bond donors (Lipinski definition) is 2. The number of H-pyrrole nitrogens is 1. The number of carboxylic acid groups (broad SMARTS) is 1. The lowest BCUT2D eigenvalue weighted by atomic mass is 10.2. The van der Waals surface area contributed by atoms with E-state index in [1.165, 1.54) is 0 Å². The Bertz CT molecular complexity index is 566. The summed E-state index contributed by atoms with van der Waals surface area (Å²) < 4.78 is 26.2. The summed E-state index contributed by atoms with van der Waals surface area (Å²) in [7, 11) is 0. The van der Waals surface area contributed by atoms with E-state index < -0.39 is 17.6 Å². The Morgan fingerprint density at radius 3 is 2.88 bits per heavy atom. The van der Waals surface area contributed by atoms with Gasteiger partial charge in [0.15, 0.2) is 5.82 Å². The zero-order chi connectivity index (χ0) is 12.4. The summed E-state index contributed by atoms with van der Waals surface area (Å²) in [5, 5.41) is 8.47. The van der Waals surface area contributed by atoms with Crippen LogP contribution in [0.3, 0.4) is 0 Å². The van der Waals surface area contributed by atoms with E-state index in [2.05, 4.69) is 9.97 Å². The molecular formula is C11H10F2N2O2. The number of hydrogen-bond acceptors (Lipinski definition) is 2. The first-order valence-corrected chi connectivity index (χ1v) is 5.11. The van der Waals surface area contributed by atoms with Crippen molar-refractivity contribution >= 4 is 17.0 Å². The Hall–Kier alpha value is -1.98. The third kappa shape index (κ3) is 2.58. The molecule has 6 heteroatoms. The van der Waals surface area contributed by atoms with Crippen LogP contribution in [0.25, 0.3) is 11.0 Å². The van der Waals surface area contributed by atoms with Crippen LogP contribution in [0.15, 0.2) is 12.1 Å². The molecular weight excluding hydrogens is 230 g/mol. The minimum absolute atomic E-state index is 0.0217. The van der Waals surface area contributed by atoms with E-state index in [1.54, 1.807) is 0 Å². The molecule has 0 aliphatic carbocycles. The molecule has 0 radical (unpaired) electrons. The fraction of sp³-hybridized carbons (Fsp3) is 0.273. The molecule has 2 N–H and O–H groups in total. The first kappa shape index (κ1) is 11.5. The molecule has 0 amide bonds. The number of imidazole rings is 1. The molecule has 0 bridgehead atoms. The fourth-order valence-corrected chi connectivity index (χ4v) is 1.62. The van der Waals surface area contributed by atoms with Crippen molar-refractivity contribution in [1.29, 1.82) is 0 Å². The average Bonchev–Trinajstić information content (AvgIpc) is 2.60. The largest absolute Gasteiger partial charge is 0.481 e. The van der Waals surface area contributed by atoms with E-state index in [0.717, 1.165) is 12.1 Å². The number of aromatic amines is 1. The zero-order valence-corrected chi connectivity index (χ0v) is 8.83. The Labute approximate surface area is 95.3 Å². The van der Waals surface area contributed by atoms with Gasteiger partial charge in [0.2, 0.25) is 0 Å². The number of aliphatic carboxylic acids is 1. The van der Waals surface area contributed by atoms with Gasteiger partial charge in [-0.2, -0.15) is 0 Å². The van der Waals surface area contributed by atoms with Gasteiger partial charge in [0.25, 0.3) is 0 Å². The third-order valence-corrected chi connectivity index (χ3v) is 2.36. The number of rotatable bonds is 4. The van der Waals surface area contributed by atoms with Crippen LogP contribution in [0.2, 0.25) is 0 Å². The minimum atomic E-state index is -0.890. The molecule has 4 nitrogen and oxygen atoms in total. The molecule has 1 aromatic heterocycles. The van der Waals surface area contributed by atoms with Gasteiger partial charge in [0.05, 0.1) is 5.52 Å². The van der Waals surface area contributed by atoms with Crippen LogP contribution in [0.4, 0.5) is 8.78 Å². The highest BCUT2D eigenvalue weighted by Gasteiger charge is 2.09. The summed E-state index contributed by atoms with van der Waals surface area (Å²) in [6.45, 7) is 0.